The van der Waals surface area contributed by atoms with Crippen molar-refractivity contribution >= 4 is 33.6 Å². The van der Waals surface area contributed by atoms with Crippen molar-refractivity contribution in [3.63, 3.8) is 0 Å². The number of halogens is 2. The number of benzene rings is 1. The van der Waals surface area contributed by atoms with Crippen LogP contribution >= 0.6 is 15.9 Å². The summed E-state index contributed by atoms with van der Waals surface area (Å²) in [6.07, 6.45) is 3.93. The molecule has 1 aromatic carbocycles. The van der Waals surface area contributed by atoms with Crippen molar-refractivity contribution in [2.24, 2.45) is 5.92 Å². The molecule has 1 aliphatic heterocycles. The van der Waals surface area contributed by atoms with Gasteiger partial charge in [0.15, 0.2) is 11.6 Å². The molecule has 1 N–H and O–H groups in total. The van der Waals surface area contributed by atoms with Gasteiger partial charge in [0, 0.05) is 30.2 Å². The number of hydrogen-bond donors (Lipinski definition) is 1. The molecule has 2 amide bonds. The largest absolute Gasteiger partial charge is 0.491 e. The monoisotopic (exact) mass is 463 g/mol. The zero-order valence-corrected chi connectivity index (χ0v) is 17.5. The average molecular weight is 464 g/mol. The van der Waals surface area contributed by atoms with Crippen LogP contribution in [0, 0.1) is 11.7 Å². The van der Waals surface area contributed by atoms with Crippen molar-refractivity contribution in [3.8, 4) is 5.75 Å². The maximum Gasteiger partial charge on any atom is 0.230 e. The predicted octanol–water partition coefficient (Wildman–Crippen LogP) is 4.02. The van der Waals surface area contributed by atoms with Crippen molar-refractivity contribution < 1.29 is 18.7 Å². The van der Waals surface area contributed by atoms with E-state index in [1.807, 2.05) is 6.07 Å². The molecule has 0 saturated carbocycles. The second kappa shape index (κ2) is 10.3. The molecule has 1 unspecified atom stereocenters. The predicted molar refractivity (Wildman–Crippen MR) is 111 cm³/mol. The number of piperidine rings is 1. The van der Waals surface area contributed by atoms with Gasteiger partial charge < -0.3 is 15.0 Å². The smallest absolute Gasteiger partial charge is 0.230 e. The van der Waals surface area contributed by atoms with E-state index in [-0.39, 0.29) is 30.1 Å². The van der Waals surface area contributed by atoms with Crippen molar-refractivity contribution in [3.05, 3.63) is 52.9 Å². The molecule has 0 spiro atoms. The van der Waals surface area contributed by atoms with Crippen LogP contribution < -0.4 is 10.1 Å². The highest BCUT2D eigenvalue weighted by Gasteiger charge is 2.28. The second-order valence-electron chi connectivity index (χ2n) is 6.91. The lowest BCUT2D eigenvalue weighted by molar-refractivity contribution is -0.134. The van der Waals surface area contributed by atoms with E-state index in [1.165, 1.54) is 6.07 Å². The fourth-order valence-corrected chi connectivity index (χ4v) is 3.46. The van der Waals surface area contributed by atoms with Crippen molar-refractivity contribution in [1.29, 1.82) is 0 Å². The van der Waals surface area contributed by atoms with E-state index >= 15 is 0 Å². The first-order chi connectivity index (χ1) is 14.0. The number of para-hydroxylation sites is 1. The summed E-state index contributed by atoms with van der Waals surface area (Å²) in [6.45, 7) is 1.31. The highest BCUT2D eigenvalue weighted by molar-refractivity contribution is 9.10. The van der Waals surface area contributed by atoms with Crippen molar-refractivity contribution in [2.45, 2.75) is 25.7 Å². The molecule has 1 fully saturated rings. The summed E-state index contributed by atoms with van der Waals surface area (Å²) in [4.78, 5) is 30.9. The van der Waals surface area contributed by atoms with Gasteiger partial charge in [0.25, 0.3) is 0 Å². The summed E-state index contributed by atoms with van der Waals surface area (Å²) < 4.78 is 19.7. The van der Waals surface area contributed by atoms with Crippen LogP contribution in [0.15, 0.2) is 47.1 Å². The second-order valence-corrected chi connectivity index (χ2v) is 7.83. The van der Waals surface area contributed by atoms with Crippen LogP contribution in [-0.2, 0) is 9.59 Å². The Morgan fingerprint density at radius 2 is 2.10 bits per heavy atom. The molecule has 2 aromatic rings. The first kappa shape index (κ1) is 21.2. The number of likely N-dealkylation sites (tertiary alicyclic amines) is 1. The highest BCUT2D eigenvalue weighted by atomic mass is 79.9. The lowest BCUT2D eigenvalue weighted by atomic mass is 9.96. The van der Waals surface area contributed by atoms with Gasteiger partial charge in [-0.1, -0.05) is 12.1 Å². The topological polar surface area (TPSA) is 71.5 Å². The molecular weight excluding hydrogens is 441 g/mol. The third kappa shape index (κ3) is 6.25. The fraction of sp³-hybridized carbons (Fsp3) is 0.381. The number of nitrogens with zero attached hydrogens (tertiary/aromatic N) is 2. The summed E-state index contributed by atoms with van der Waals surface area (Å²) in [5, 5.41) is 2.81. The van der Waals surface area contributed by atoms with E-state index in [9.17, 15) is 14.0 Å². The van der Waals surface area contributed by atoms with Gasteiger partial charge in [0.05, 0.1) is 12.5 Å². The molecule has 6 nitrogen and oxygen atoms in total. The molecule has 0 aliphatic carbocycles. The van der Waals surface area contributed by atoms with Crippen molar-refractivity contribution in [2.75, 3.05) is 25.0 Å². The highest BCUT2D eigenvalue weighted by Crippen LogP contribution is 2.20. The Kier molecular flexibility index (Phi) is 7.57. The third-order valence-electron chi connectivity index (χ3n) is 4.75. The maximum atomic E-state index is 13.5. The molecule has 0 radical (unpaired) electrons. The van der Waals surface area contributed by atoms with Gasteiger partial charge in [-0.2, -0.15) is 0 Å². The third-order valence-corrected chi connectivity index (χ3v) is 5.22. The standard InChI is InChI=1S/C21H23BrFN3O3/c22-16-9-10-19(24-13-16)25-21(28)15-5-3-11-26(14-15)20(27)8-4-12-29-18-7-2-1-6-17(18)23/h1-2,6-7,9-10,13,15H,3-5,8,11-12,14H2,(H,24,25,28). The zero-order chi connectivity index (χ0) is 20.6. The number of hydrogen-bond acceptors (Lipinski definition) is 4. The van der Waals surface area contributed by atoms with Gasteiger partial charge in [-0.25, -0.2) is 9.37 Å². The number of aromatic nitrogens is 1. The SMILES string of the molecule is O=C(Nc1ccc(Br)cn1)C1CCCN(C(=O)CCCOc2ccccc2F)C1. The number of ether oxygens (including phenoxy) is 1. The van der Waals surface area contributed by atoms with E-state index in [1.54, 1.807) is 35.4 Å². The molecule has 1 aromatic heterocycles. The van der Waals surface area contributed by atoms with Crippen LogP contribution in [0.3, 0.4) is 0 Å². The Balaban J connectivity index is 1.43. The Morgan fingerprint density at radius 3 is 2.86 bits per heavy atom. The number of amides is 2. The van der Waals surface area contributed by atoms with Crippen LogP contribution in [-0.4, -0.2) is 41.4 Å². The van der Waals surface area contributed by atoms with E-state index in [2.05, 4.69) is 26.2 Å². The first-order valence-electron chi connectivity index (χ1n) is 9.60. The molecule has 1 aliphatic rings. The molecule has 1 atom stereocenters. The van der Waals surface area contributed by atoms with Crippen LogP contribution in [0.25, 0.3) is 0 Å². The molecular formula is C21H23BrFN3O3. The minimum absolute atomic E-state index is 0.0126. The summed E-state index contributed by atoms with van der Waals surface area (Å²) in [5.41, 5.74) is 0. The van der Waals surface area contributed by atoms with Crippen molar-refractivity contribution in [1.82, 2.24) is 9.88 Å². The lowest BCUT2D eigenvalue weighted by Gasteiger charge is -2.32. The van der Waals surface area contributed by atoms with Gasteiger partial charge in [-0.05, 0) is 59.5 Å². The van der Waals surface area contributed by atoms with E-state index < -0.39 is 5.82 Å². The Morgan fingerprint density at radius 1 is 1.28 bits per heavy atom. The van der Waals surface area contributed by atoms with Crippen LogP contribution in [0.4, 0.5) is 10.2 Å². The number of rotatable bonds is 7. The minimum Gasteiger partial charge on any atom is -0.491 e. The average Bonchev–Trinajstić information content (AvgIpc) is 2.74. The molecule has 29 heavy (non-hydrogen) atoms. The molecule has 8 heteroatoms. The van der Waals surface area contributed by atoms with Gasteiger partial charge >= 0.3 is 0 Å². The summed E-state index contributed by atoms with van der Waals surface area (Å²) in [5.74, 6) is -0.124. The summed E-state index contributed by atoms with van der Waals surface area (Å²) in [7, 11) is 0. The number of carbonyl (C=O) groups is 2. The minimum atomic E-state index is -0.413. The summed E-state index contributed by atoms with van der Waals surface area (Å²) >= 11 is 3.31. The van der Waals surface area contributed by atoms with Crippen LogP contribution in [0.1, 0.15) is 25.7 Å². The lowest BCUT2D eigenvalue weighted by Crippen LogP contribution is -2.43. The molecule has 2 heterocycles. The molecule has 3 rings (SSSR count). The van der Waals surface area contributed by atoms with E-state index in [4.69, 9.17) is 4.74 Å². The van der Waals surface area contributed by atoms with Gasteiger partial charge in [0.1, 0.15) is 5.82 Å². The Hall–Kier alpha value is -2.48. The number of nitrogens with one attached hydrogen (secondary N) is 1. The van der Waals surface area contributed by atoms with E-state index in [0.717, 1.165) is 17.3 Å². The molecule has 1 saturated heterocycles. The Bertz CT molecular complexity index is 847. The quantitative estimate of drug-likeness (QED) is 0.629. The Labute approximate surface area is 177 Å². The van der Waals surface area contributed by atoms with Gasteiger partial charge in [-0.15, -0.1) is 0 Å². The maximum absolute atomic E-state index is 13.5. The van der Waals surface area contributed by atoms with Crippen LogP contribution in [0.5, 0.6) is 5.75 Å². The molecule has 154 valence electrons. The van der Waals surface area contributed by atoms with Crippen LogP contribution in [0.2, 0.25) is 0 Å². The summed E-state index contributed by atoms with van der Waals surface area (Å²) in [6, 6.07) is 9.73. The first-order valence-corrected chi connectivity index (χ1v) is 10.4. The molecule has 0 bridgehead atoms. The normalized spacial score (nSPS) is 16.3. The van der Waals surface area contributed by atoms with Gasteiger partial charge in [-0.3, -0.25) is 9.59 Å². The number of carbonyl (C=O) groups excluding carboxylic acids is 2. The van der Waals surface area contributed by atoms with Gasteiger partial charge in [0.2, 0.25) is 11.8 Å². The van der Waals surface area contributed by atoms with E-state index in [0.29, 0.717) is 31.7 Å². The number of pyridine rings is 1. The number of anilines is 1. The zero-order valence-electron chi connectivity index (χ0n) is 15.9. The fourth-order valence-electron chi connectivity index (χ4n) is 3.22.